The average molecular weight is 414 g/mol. The number of nitrogens with zero attached hydrogens (tertiary/aromatic N) is 2. The van der Waals surface area contributed by atoms with Crippen LogP contribution < -0.4 is 16.2 Å². The molecule has 24 heavy (non-hydrogen) atoms. The van der Waals surface area contributed by atoms with Crippen molar-refractivity contribution in [3.8, 4) is 0 Å². The third-order valence-electron chi connectivity index (χ3n) is 3.29. The molecule has 0 fully saturated rings. The minimum Gasteiger partial charge on any atom is -0.336 e. The Hall–Kier alpha value is -1.87. The lowest BCUT2D eigenvalue weighted by Crippen LogP contribution is -2.47. The van der Waals surface area contributed by atoms with E-state index < -0.39 is 6.03 Å². The number of rotatable bonds is 5. The third kappa shape index (κ3) is 5.34. The predicted octanol–water partition coefficient (Wildman–Crippen LogP) is 2.60. The van der Waals surface area contributed by atoms with E-state index in [1.807, 2.05) is 31.5 Å². The average Bonchev–Trinajstić information content (AvgIpc) is 3.08. The van der Waals surface area contributed by atoms with Crippen LogP contribution in [0.25, 0.3) is 0 Å². The summed E-state index contributed by atoms with van der Waals surface area (Å²) < 4.78 is 2.78. The minimum absolute atomic E-state index is 0.206. The first-order chi connectivity index (χ1) is 11.3. The zero-order chi connectivity index (χ0) is 17.7. The molecule has 1 atom stereocenters. The van der Waals surface area contributed by atoms with Crippen molar-refractivity contribution in [2.24, 2.45) is 5.92 Å². The van der Waals surface area contributed by atoms with Gasteiger partial charge in [-0.1, -0.05) is 6.92 Å². The molecule has 7 nitrogen and oxygen atoms in total. The Morgan fingerprint density at radius 2 is 2.08 bits per heavy atom. The van der Waals surface area contributed by atoms with Gasteiger partial charge in [0.05, 0.1) is 14.4 Å². The second-order valence-corrected chi connectivity index (χ2v) is 8.07. The van der Waals surface area contributed by atoms with Crippen molar-refractivity contribution < 1.29 is 9.59 Å². The Balaban J connectivity index is 1.70. The molecule has 0 saturated heterocycles. The zero-order valence-electron chi connectivity index (χ0n) is 13.7. The number of hydrazine groups is 1. The summed E-state index contributed by atoms with van der Waals surface area (Å²) in [7, 11) is 0. The predicted molar refractivity (Wildman–Crippen MR) is 96.9 cm³/mol. The summed E-state index contributed by atoms with van der Waals surface area (Å²) >= 11 is 4.58. The molecule has 0 aliphatic rings. The maximum absolute atomic E-state index is 11.8. The molecule has 9 heteroatoms. The molecular weight excluding hydrogens is 394 g/mol. The van der Waals surface area contributed by atoms with E-state index in [0.717, 1.165) is 21.7 Å². The summed E-state index contributed by atoms with van der Waals surface area (Å²) in [6, 6.07) is 5.03. The van der Waals surface area contributed by atoms with Crippen LogP contribution >= 0.6 is 27.3 Å². The van der Waals surface area contributed by atoms with Crippen LogP contribution in [-0.2, 0) is 6.54 Å². The molecule has 3 N–H and O–H groups in total. The molecule has 0 aromatic carbocycles. The SMILES string of the molecule is Cc1cc(C)n(CC(C)CNC(=O)NNC(=O)c2ccc(Br)s2)n1. The highest BCUT2D eigenvalue weighted by Crippen LogP contribution is 2.21. The van der Waals surface area contributed by atoms with Crippen LogP contribution in [0.15, 0.2) is 22.0 Å². The van der Waals surface area contributed by atoms with Gasteiger partial charge in [0.15, 0.2) is 0 Å². The van der Waals surface area contributed by atoms with Crippen molar-refractivity contribution >= 4 is 39.2 Å². The van der Waals surface area contributed by atoms with Crippen LogP contribution in [0.3, 0.4) is 0 Å². The largest absolute Gasteiger partial charge is 0.336 e. The van der Waals surface area contributed by atoms with Crippen LogP contribution in [-0.4, -0.2) is 28.3 Å². The Kier molecular flexibility index (Phi) is 6.38. The highest BCUT2D eigenvalue weighted by molar-refractivity contribution is 9.11. The van der Waals surface area contributed by atoms with E-state index in [4.69, 9.17) is 0 Å². The van der Waals surface area contributed by atoms with E-state index in [2.05, 4.69) is 37.2 Å². The number of nitrogens with one attached hydrogen (secondary N) is 3. The second-order valence-electron chi connectivity index (χ2n) is 5.61. The third-order valence-corrected chi connectivity index (χ3v) is 4.91. The molecule has 0 aliphatic heterocycles. The van der Waals surface area contributed by atoms with Crippen LogP contribution in [0.5, 0.6) is 0 Å². The topological polar surface area (TPSA) is 88.0 Å². The quantitative estimate of drug-likeness (QED) is 0.658. The summed E-state index contributed by atoms with van der Waals surface area (Å²) in [6.07, 6.45) is 0. The van der Waals surface area contributed by atoms with Gasteiger partial charge in [-0.2, -0.15) is 5.10 Å². The first-order valence-corrected chi connectivity index (χ1v) is 9.06. The van der Waals surface area contributed by atoms with Gasteiger partial charge in [-0.3, -0.25) is 14.9 Å². The van der Waals surface area contributed by atoms with Crippen molar-refractivity contribution in [2.75, 3.05) is 6.54 Å². The minimum atomic E-state index is -0.445. The van der Waals surface area contributed by atoms with Crippen molar-refractivity contribution in [2.45, 2.75) is 27.3 Å². The fourth-order valence-electron chi connectivity index (χ4n) is 2.14. The van der Waals surface area contributed by atoms with Gasteiger partial charge in [0, 0.05) is 18.8 Å². The summed E-state index contributed by atoms with van der Waals surface area (Å²) in [5.41, 5.74) is 6.79. The number of halogens is 1. The number of hydrogen-bond acceptors (Lipinski definition) is 4. The van der Waals surface area contributed by atoms with Crippen LogP contribution in [0.4, 0.5) is 4.79 Å². The van der Waals surface area contributed by atoms with Gasteiger partial charge in [-0.25, -0.2) is 10.2 Å². The Morgan fingerprint density at radius 1 is 1.33 bits per heavy atom. The fourth-order valence-corrected chi connectivity index (χ4v) is 3.42. The fraction of sp³-hybridized carbons (Fsp3) is 0.400. The van der Waals surface area contributed by atoms with Crippen LogP contribution in [0.1, 0.15) is 28.0 Å². The lowest BCUT2D eigenvalue weighted by Gasteiger charge is -2.14. The number of aromatic nitrogens is 2. The van der Waals surface area contributed by atoms with E-state index in [9.17, 15) is 9.59 Å². The Bertz CT molecular complexity index is 727. The van der Waals surface area contributed by atoms with Crippen LogP contribution in [0, 0.1) is 19.8 Å². The van der Waals surface area contributed by atoms with E-state index in [1.54, 1.807) is 12.1 Å². The zero-order valence-corrected chi connectivity index (χ0v) is 16.1. The van der Waals surface area contributed by atoms with Gasteiger partial charge in [0.1, 0.15) is 0 Å². The second kappa shape index (κ2) is 8.29. The number of carbonyl (C=O) groups excluding carboxylic acids is 2. The molecule has 0 aliphatic carbocycles. The standard InChI is InChI=1S/C15H20BrN5O2S/c1-9(8-21-11(3)6-10(2)20-21)7-17-15(23)19-18-14(22)12-4-5-13(16)24-12/h4-6,9H,7-8H2,1-3H3,(H,18,22)(H2,17,19,23). The summed E-state index contributed by atoms with van der Waals surface area (Å²) in [4.78, 5) is 24.1. The summed E-state index contributed by atoms with van der Waals surface area (Å²) in [5, 5.41) is 7.13. The van der Waals surface area contributed by atoms with Crippen molar-refractivity contribution in [3.63, 3.8) is 0 Å². The first kappa shape index (κ1) is 18.5. The van der Waals surface area contributed by atoms with Crippen molar-refractivity contribution in [1.29, 1.82) is 0 Å². The monoisotopic (exact) mass is 413 g/mol. The Labute approximate surface area is 152 Å². The number of amides is 3. The molecule has 3 amide bonds. The number of aryl methyl sites for hydroxylation is 2. The number of carbonyl (C=O) groups is 2. The van der Waals surface area contributed by atoms with Gasteiger partial charge >= 0.3 is 6.03 Å². The maximum atomic E-state index is 11.8. The van der Waals surface area contributed by atoms with E-state index in [1.165, 1.54) is 11.3 Å². The van der Waals surface area contributed by atoms with Gasteiger partial charge in [0.2, 0.25) is 0 Å². The molecule has 1 unspecified atom stereocenters. The molecular formula is C15H20BrN5O2S. The van der Waals surface area contributed by atoms with Gasteiger partial charge in [-0.15, -0.1) is 11.3 Å². The van der Waals surface area contributed by atoms with Gasteiger partial charge in [0.25, 0.3) is 5.91 Å². The highest BCUT2D eigenvalue weighted by atomic mass is 79.9. The maximum Gasteiger partial charge on any atom is 0.333 e. The van der Waals surface area contributed by atoms with E-state index >= 15 is 0 Å². The lowest BCUT2D eigenvalue weighted by atomic mass is 10.2. The lowest BCUT2D eigenvalue weighted by molar-refractivity contribution is 0.0940. The number of urea groups is 1. The number of hydrogen-bond donors (Lipinski definition) is 3. The van der Waals surface area contributed by atoms with Crippen LogP contribution in [0.2, 0.25) is 0 Å². The smallest absolute Gasteiger partial charge is 0.333 e. The highest BCUT2D eigenvalue weighted by Gasteiger charge is 2.11. The van der Waals surface area contributed by atoms with Gasteiger partial charge in [-0.05, 0) is 53.9 Å². The molecule has 130 valence electrons. The first-order valence-electron chi connectivity index (χ1n) is 7.45. The van der Waals surface area contributed by atoms with Gasteiger partial charge < -0.3 is 5.32 Å². The normalized spacial score (nSPS) is 11.8. The molecule has 0 saturated carbocycles. The summed E-state index contributed by atoms with van der Waals surface area (Å²) in [6.45, 7) is 7.18. The molecule has 0 bridgehead atoms. The Morgan fingerprint density at radius 3 is 2.67 bits per heavy atom. The van der Waals surface area contributed by atoms with Crippen molar-refractivity contribution in [1.82, 2.24) is 25.9 Å². The number of thiophene rings is 1. The summed E-state index contributed by atoms with van der Waals surface area (Å²) in [5.74, 6) is -0.144. The molecule has 0 spiro atoms. The molecule has 2 aromatic heterocycles. The van der Waals surface area contributed by atoms with Crippen molar-refractivity contribution in [3.05, 3.63) is 38.3 Å². The molecule has 0 radical (unpaired) electrons. The molecule has 2 rings (SSSR count). The molecule has 2 aromatic rings. The van der Waals surface area contributed by atoms with E-state index in [0.29, 0.717) is 11.4 Å². The molecule has 2 heterocycles. The van der Waals surface area contributed by atoms with E-state index in [-0.39, 0.29) is 11.8 Å².